The summed E-state index contributed by atoms with van der Waals surface area (Å²) in [4.78, 5) is 7.97. The van der Waals surface area contributed by atoms with Gasteiger partial charge in [0.2, 0.25) is 0 Å². The van der Waals surface area contributed by atoms with Gasteiger partial charge in [0.25, 0.3) is 0 Å². The summed E-state index contributed by atoms with van der Waals surface area (Å²) in [6.07, 6.45) is 3.96. The van der Waals surface area contributed by atoms with Gasteiger partial charge >= 0.3 is 0 Å². The fraction of sp³-hybridized carbons (Fsp3) is 0.375. The Morgan fingerprint density at radius 1 is 1.36 bits per heavy atom. The van der Waals surface area contributed by atoms with Crippen molar-refractivity contribution in [1.29, 1.82) is 0 Å². The Kier molecular flexibility index (Phi) is 2.84. The largest absolute Gasteiger partial charge is 0.260 e. The fourth-order valence-corrected chi connectivity index (χ4v) is 1.62. The van der Waals surface area contributed by atoms with Crippen LogP contribution < -0.4 is 0 Å². The first kappa shape index (κ1) is 9.68. The lowest BCUT2D eigenvalue weighted by Crippen LogP contribution is -2.01. The molecule has 0 amide bonds. The van der Waals surface area contributed by atoms with Crippen LogP contribution in [0, 0.1) is 0 Å². The highest BCUT2D eigenvalue weighted by molar-refractivity contribution is 6.33. The van der Waals surface area contributed by atoms with Gasteiger partial charge in [0, 0.05) is 12.4 Å². The molecule has 2 aromatic heterocycles. The highest BCUT2D eigenvalue weighted by atomic mass is 35.5. The summed E-state index contributed by atoms with van der Waals surface area (Å²) in [6, 6.07) is 0. The highest BCUT2D eigenvalue weighted by Gasteiger charge is 2.07. The van der Waals surface area contributed by atoms with Crippen molar-refractivity contribution < 1.29 is 0 Å². The van der Waals surface area contributed by atoms with Crippen LogP contribution in [-0.4, -0.2) is 25.6 Å². The van der Waals surface area contributed by atoms with Crippen molar-refractivity contribution in [2.75, 3.05) is 5.88 Å². The van der Waals surface area contributed by atoms with Gasteiger partial charge in [-0.1, -0.05) is 11.6 Å². The van der Waals surface area contributed by atoms with E-state index < -0.39 is 0 Å². The van der Waals surface area contributed by atoms with E-state index >= 15 is 0 Å². The van der Waals surface area contributed by atoms with Crippen molar-refractivity contribution in [2.45, 2.75) is 13.0 Å². The minimum absolute atomic E-state index is 0.432. The van der Waals surface area contributed by atoms with Crippen LogP contribution in [0.2, 0.25) is 5.15 Å². The van der Waals surface area contributed by atoms with Crippen LogP contribution >= 0.6 is 23.2 Å². The third-order valence-corrected chi connectivity index (χ3v) is 2.43. The minimum Gasteiger partial charge on any atom is -0.260 e. The molecule has 74 valence electrons. The maximum atomic E-state index is 5.94. The van der Waals surface area contributed by atoms with Crippen LogP contribution in [0.1, 0.15) is 6.42 Å². The Balaban J connectivity index is 2.45. The second-order valence-corrected chi connectivity index (χ2v) is 3.54. The van der Waals surface area contributed by atoms with E-state index in [1.54, 1.807) is 10.9 Å². The lowest BCUT2D eigenvalue weighted by atomic mass is 10.4. The smallest absolute Gasteiger partial charge is 0.158 e. The molecule has 2 aromatic rings. The molecule has 0 aromatic carbocycles. The third kappa shape index (κ3) is 1.67. The normalized spacial score (nSPS) is 11.0. The van der Waals surface area contributed by atoms with Crippen molar-refractivity contribution in [3.05, 3.63) is 17.7 Å². The quantitative estimate of drug-likeness (QED) is 0.600. The molecule has 14 heavy (non-hydrogen) atoms. The molecule has 0 unspecified atom stereocenters. The van der Waals surface area contributed by atoms with Crippen molar-refractivity contribution >= 4 is 34.2 Å². The van der Waals surface area contributed by atoms with Gasteiger partial charge < -0.3 is 0 Å². The van der Waals surface area contributed by atoms with Crippen LogP contribution in [0.3, 0.4) is 0 Å². The molecule has 0 saturated carbocycles. The Hall–Kier alpha value is -0.870. The first-order chi connectivity index (χ1) is 6.83. The summed E-state index contributed by atoms with van der Waals surface area (Å²) in [5.41, 5.74) is 1.54. The molecule has 0 N–H and O–H groups in total. The van der Waals surface area contributed by atoms with Crippen LogP contribution in [0.4, 0.5) is 0 Å². The molecule has 0 radical (unpaired) electrons. The molecule has 0 aliphatic rings. The number of aryl methyl sites for hydroxylation is 1. The maximum absolute atomic E-state index is 5.94. The number of rotatable bonds is 3. The highest BCUT2D eigenvalue weighted by Crippen LogP contribution is 2.18. The second-order valence-electron chi connectivity index (χ2n) is 2.81. The number of fused-ring (bicyclic) bond motifs is 1. The number of nitrogens with zero attached hydrogens (tertiary/aromatic N) is 4. The average molecular weight is 231 g/mol. The van der Waals surface area contributed by atoms with Gasteiger partial charge in [-0.25, -0.2) is 9.97 Å². The van der Waals surface area contributed by atoms with E-state index in [0.29, 0.717) is 11.0 Å². The Labute approximate surface area is 90.9 Å². The van der Waals surface area contributed by atoms with Crippen LogP contribution in [0.25, 0.3) is 11.0 Å². The first-order valence-electron chi connectivity index (χ1n) is 4.21. The van der Waals surface area contributed by atoms with Crippen molar-refractivity contribution in [2.24, 2.45) is 0 Å². The van der Waals surface area contributed by atoms with Gasteiger partial charge in [-0.05, 0) is 6.42 Å². The van der Waals surface area contributed by atoms with Crippen LogP contribution in [0.5, 0.6) is 0 Å². The summed E-state index contributed by atoms with van der Waals surface area (Å²) < 4.78 is 1.78. The molecule has 0 atom stereocenters. The van der Waals surface area contributed by atoms with Crippen molar-refractivity contribution in [1.82, 2.24) is 19.7 Å². The molecule has 2 rings (SSSR count). The Morgan fingerprint density at radius 2 is 2.21 bits per heavy atom. The Bertz CT molecular complexity index is 440. The molecule has 0 fully saturated rings. The summed E-state index contributed by atoms with van der Waals surface area (Å²) in [5.74, 6) is 0.604. The van der Waals surface area contributed by atoms with E-state index in [1.165, 1.54) is 6.33 Å². The zero-order valence-electron chi connectivity index (χ0n) is 7.32. The molecule has 0 saturated heterocycles. The van der Waals surface area contributed by atoms with Gasteiger partial charge in [0.1, 0.15) is 17.4 Å². The SMILES string of the molecule is ClCCCn1ncc2ncnc(Cl)c21. The standard InChI is InChI=1S/C8H8Cl2N4/c9-2-1-3-14-7-6(4-13-14)11-5-12-8(7)10/h4-5H,1-3H2. The van der Waals surface area contributed by atoms with Gasteiger partial charge in [0.05, 0.1) is 6.20 Å². The molecule has 0 spiro atoms. The second kappa shape index (κ2) is 4.11. The Morgan fingerprint density at radius 3 is 3.00 bits per heavy atom. The molecule has 0 aliphatic heterocycles. The predicted molar refractivity (Wildman–Crippen MR) is 55.7 cm³/mol. The van der Waals surface area contributed by atoms with Gasteiger partial charge in [-0.2, -0.15) is 5.10 Å². The number of aromatic nitrogens is 4. The maximum Gasteiger partial charge on any atom is 0.158 e. The summed E-state index contributed by atoms with van der Waals surface area (Å²) in [6.45, 7) is 0.736. The number of hydrogen-bond acceptors (Lipinski definition) is 3. The van der Waals surface area contributed by atoms with Crippen LogP contribution in [0.15, 0.2) is 12.5 Å². The van der Waals surface area contributed by atoms with Gasteiger partial charge in [-0.3, -0.25) is 4.68 Å². The molecule has 0 bridgehead atoms. The fourth-order valence-electron chi connectivity index (χ4n) is 1.26. The lowest BCUT2D eigenvalue weighted by Gasteiger charge is -2.01. The van der Waals surface area contributed by atoms with E-state index in [9.17, 15) is 0 Å². The molecule has 4 nitrogen and oxygen atoms in total. The summed E-state index contributed by atoms with van der Waals surface area (Å²) >= 11 is 11.5. The molecule has 0 aliphatic carbocycles. The first-order valence-corrected chi connectivity index (χ1v) is 5.12. The van der Waals surface area contributed by atoms with E-state index in [-0.39, 0.29) is 0 Å². The zero-order valence-corrected chi connectivity index (χ0v) is 8.83. The van der Waals surface area contributed by atoms with Gasteiger partial charge in [-0.15, -0.1) is 11.6 Å². The molecule has 6 heteroatoms. The van der Waals surface area contributed by atoms with E-state index in [0.717, 1.165) is 24.0 Å². The topological polar surface area (TPSA) is 43.6 Å². The predicted octanol–water partition coefficient (Wildman–Crippen LogP) is 2.11. The average Bonchev–Trinajstić information content (AvgIpc) is 2.59. The summed E-state index contributed by atoms with van der Waals surface area (Å²) in [7, 11) is 0. The lowest BCUT2D eigenvalue weighted by molar-refractivity contribution is 0.624. The van der Waals surface area contributed by atoms with E-state index in [4.69, 9.17) is 23.2 Å². The summed E-state index contributed by atoms with van der Waals surface area (Å²) in [5, 5.41) is 4.60. The van der Waals surface area contributed by atoms with Crippen molar-refractivity contribution in [3.8, 4) is 0 Å². The van der Waals surface area contributed by atoms with Crippen LogP contribution in [-0.2, 0) is 6.54 Å². The van der Waals surface area contributed by atoms with Crippen molar-refractivity contribution in [3.63, 3.8) is 0 Å². The van der Waals surface area contributed by atoms with E-state index in [2.05, 4.69) is 15.1 Å². The molecular weight excluding hydrogens is 223 g/mol. The third-order valence-electron chi connectivity index (χ3n) is 1.89. The molecule has 2 heterocycles. The minimum atomic E-state index is 0.432. The number of halogens is 2. The zero-order chi connectivity index (χ0) is 9.97. The van der Waals surface area contributed by atoms with E-state index in [1.807, 2.05) is 0 Å². The monoisotopic (exact) mass is 230 g/mol. The molecular formula is C8H8Cl2N4. The van der Waals surface area contributed by atoms with Gasteiger partial charge in [0.15, 0.2) is 5.15 Å². The number of alkyl halides is 1. The number of hydrogen-bond donors (Lipinski definition) is 0.